The zero-order chi connectivity index (χ0) is 26.2. The SMILES string of the molecule is CC(C)Oc1ccc(-c2nc(-c3cccc4c3CCC4)no2)cc1C#N.CNCC(=O)N1CCCCC1.[HH]. The van der Waals surface area contributed by atoms with Gasteiger partial charge in [0.1, 0.15) is 11.8 Å². The average molecular weight is 504 g/mol. The molecule has 1 saturated heterocycles. The number of amides is 1. The third-order valence-electron chi connectivity index (χ3n) is 6.56. The van der Waals surface area contributed by atoms with Crippen molar-refractivity contribution in [3.8, 4) is 34.7 Å². The van der Waals surface area contributed by atoms with Crippen molar-refractivity contribution in [1.29, 1.82) is 5.26 Å². The predicted octanol–water partition coefficient (Wildman–Crippen LogP) is 5.02. The molecule has 1 N–H and O–H groups in total. The molecule has 0 spiro atoms. The largest absolute Gasteiger partial charge is 0.490 e. The third-order valence-corrected chi connectivity index (χ3v) is 6.56. The van der Waals surface area contributed by atoms with Crippen LogP contribution in [0.4, 0.5) is 0 Å². The Balaban J connectivity index is 0.000000282. The van der Waals surface area contributed by atoms with E-state index in [2.05, 4.69) is 27.6 Å². The van der Waals surface area contributed by atoms with Crippen LogP contribution < -0.4 is 10.1 Å². The molecular weight excluding hydrogens is 466 g/mol. The van der Waals surface area contributed by atoms with Gasteiger partial charge in [-0.1, -0.05) is 23.4 Å². The molecule has 5 rings (SSSR count). The van der Waals surface area contributed by atoms with Gasteiger partial charge in [-0.05, 0) is 88.7 Å². The summed E-state index contributed by atoms with van der Waals surface area (Å²) in [7, 11) is 1.81. The number of hydrogen-bond acceptors (Lipinski definition) is 7. The van der Waals surface area contributed by atoms with E-state index in [1.165, 1.54) is 36.8 Å². The van der Waals surface area contributed by atoms with Crippen LogP contribution in [0.5, 0.6) is 5.75 Å². The topological polar surface area (TPSA) is 104 Å². The fraction of sp³-hybridized carbons (Fsp3) is 0.448. The summed E-state index contributed by atoms with van der Waals surface area (Å²) in [5, 5.41) is 16.4. The second kappa shape index (κ2) is 12.5. The minimum atomic E-state index is 0. The molecule has 0 atom stereocenters. The average Bonchev–Trinajstić information content (AvgIpc) is 3.60. The number of aromatic nitrogens is 2. The smallest absolute Gasteiger partial charge is 0.258 e. The van der Waals surface area contributed by atoms with Crippen molar-refractivity contribution in [2.75, 3.05) is 26.7 Å². The van der Waals surface area contributed by atoms with E-state index in [-0.39, 0.29) is 13.4 Å². The number of aryl methyl sites for hydroxylation is 1. The van der Waals surface area contributed by atoms with E-state index in [9.17, 15) is 10.1 Å². The summed E-state index contributed by atoms with van der Waals surface area (Å²) in [6.45, 7) is 6.26. The number of fused-ring (bicyclic) bond motifs is 1. The van der Waals surface area contributed by atoms with Crippen molar-refractivity contribution in [1.82, 2.24) is 20.4 Å². The van der Waals surface area contributed by atoms with Crippen molar-refractivity contribution in [2.24, 2.45) is 0 Å². The van der Waals surface area contributed by atoms with E-state index in [1.807, 2.05) is 44.0 Å². The summed E-state index contributed by atoms with van der Waals surface area (Å²) in [4.78, 5) is 17.8. The van der Waals surface area contributed by atoms with E-state index in [0.29, 0.717) is 35.1 Å². The van der Waals surface area contributed by atoms with Crippen LogP contribution in [-0.4, -0.2) is 53.7 Å². The Morgan fingerprint density at radius 2 is 2.00 bits per heavy atom. The zero-order valence-corrected chi connectivity index (χ0v) is 21.9. The highest BCUT2D eigenvalue weighted by Crippen LogP contribution is 2.33. The lowest BCUT2D eigenvalue weighted by atomic mass is 10.0. The van der Waals surface area contributed by atoms with E-state index in [4.69, 9.17) is 9.26 Å². The molecule has 37 heavy (non-hydrogen) atoms. The highest BCUT2D eigenvalue weighted by atomic mass is 16.5. The molecule has 0 bridgehead atoms. The first-order valence-corrected chi connectivity index (χ1v) is 13.1. The Morgan fingerprint density at radius 3 is 2.73 bits per heavy atom. The Kier molecular flexibility index (Phi) is 8.91. The minimum Gasteiger partial charge on any atom is -0.490 e. The third kappa shape index (κ3) is 6.55. The quantitative estimate of drug-likeness (QED) is 0.504. The van der Waals surface area contributed by atoms with Crippen LogP contribution in [0.2, 0.25) is 0 Å². The molecular formula is C29H37N5O3. The first kappa shape index (κ1) is 26.4. The Labute approximate surface area is 220 Å². The van der Waals surface area contributed by atoms with E-state index < -0.39 is 0 Å². The van der Waals surface area contributed by atoms with Crippen molar-refractivity contribution in [3.05, 3.63) is 53.1 Å². The van der Waals surface area contributed by atoms with E-state index in [0.717, 1.165) is 31.5 Å². The maximum atomic E-state index is 11.3. The second-order valence-electron chi connectivity index (χ2n) is 9.68. The number of ether oxygens (including phenoxy) is 1. The zero-order valence-electron chi connectivity index (χ0n) is 21.9. The van der Waals surface area contributed by atoms with Crippen LogP contribution >= 0.6 is 0 Å². The molecule has 1 aliphatic heterocycles. The molecule has 0 unspecified atom stereocenters. The van der Waals surface area contributed by atoms with E-state index in [1.54, 1.807) is 12.1 Å². The lowest BCUT2D eigenvalue weighted by Crippen LogP contribution is -2.40. The van der Waals surface area contributed by atoms with Crippen LogP contribution in [0.25, 0.3) is 22.8 Å². The summed E-state index contributed by atoms with van der Waals surface area (Å²) in [5.74, 6) is 1.81. The molecule has 0 radical (unpaired) electrons. The molecule has 0 saturated carbocycles. The van der Waals surface area contributed by atoms with Gasteiger partial charge in [0.15, 0.2) is 0 Å². The predicted molar refractivity (Wildman–Crippen MR) is 144 cm³/mol. The number of nitrogens with zero attached hydrogens (tertiary/aromatic N) is 4. The number of hydrogen-bond donors (Lipinski definition) is 1. The van der Waals surface area contributed by atoms with Crippen molar-refractivity contribution in [2.45, 2.75) is 58.5 Å². The van der Waals surface area contributed by atoms with Gasteiger partial charge in [-0.2, -0.15) is 10.2 Å². The number of carbonyl (C=O) groups is 1. The highest BCUT2D eigenvalue weighted by molar-refractivity contribution is 5.78. The number of nitriles is 1. The fourth-order valence-electron chi connectivity index (χ4n) is 4.79. The first-order chi connectivity index (χ1) is 18.0. The van der Waals surface area contributed by atoms with Gasteiger partial charge < -0.3 is 19.5 Å². The Bertz CT molecular complexity index is 1260. The number of piperidine rings is 1. The van der Waals surface area contributed by atoms with Crippen LogP contribution in [-0.2, 0) is 17.6 Å². The monoisotopic (exact) mass is 503 g/mol. The Hall–Kier alpha value is -3.70. The maximum absolute atomic E-state index is 11.3. The van der Waals surface area contributed by atoms with E-state index >= 15 is 0 Å². The molecule has 3 aromatic rings. The van der Waals surface area contributed by atoms with Gasteiger partial charge in [0.2, 0.25) is 11.7 Å². The number of nitrogens with one attached hydrogen (secondary N) is 1. The number of rotatable bonds is 6. The maximum Gasteiger partial charge on any atom is 0.258 e. The van der Waals surface area contributed by atoms with Crippen molar-refractivity contribution < 1.29 is 15.5 Å². The van der Waals surface area contributed by atoms with Crippen molar-refractivity contribution in [3.63, 3.8) is 0 Å². The molecule has 2 aromatic carbocycles. The normalized spacial score (nSPS) is 14.5. The molecule has 1 aromatic heterocycles. The van der Waals surface area contributed by atoms with Gasteiger partial charge in [-0.25, -0.2) is 0 Å². The van der Waals surface area contributed by atoms with Gasteiger partial charge in [0, 0.05) is 25.6 Å². The Morgan fingerprint density at radius 1 is 1.19 bits per heavy atom. The summed E-state index contributed by atoms with van der Waals surface area (Å²) in [5.41, 5.74) is 4.89. The second-order valence-corrected chi connectivity index (χ2v) is 9.68. The van der Waals surface area contributed by atoms with Gasteiger partial charge in [0.05, 0.1) is 18.2 Å². The van der Waals surface area contributed by atoms with Gasteiger partial charge >= 0.3 is 0 Å². The van der Waals surface area contributed by atoms with Gasteiger partial charge in [-0.3, -0.25) is 4.79 Å². The van der Waals surface area contributed by atoms with Crippen LogP contribution in [0.1, 0.15) is 57.6 Å². The lowest BCUT2D eigenvalue weighted by Gasteiger charge is -2.26. The molecule has 1 aliphatic carbocycles. The molecule has 2 heterocycles. The standard InChI is InChI=1S/C21H19N3O2.C8H16N2O.H2/c1-13(2)25-19-10-9-15(11-16(19)12-22)21-23-20(24-26-21)18-8-4-6-14-5-3-7-17(14)18;1-9-7-8(11)10-5-3-2-4-6-10;/h4,6,8-11,13H,3,5,7H2,1-2H3;9H,2-7H2,1H3;1H. The molecule has 196 valence electrons. The number of benzene rings is 2. The minimum absolute atomic E-state index is 0. The summed E-state index contributed by atoms with van der Waals surface area (Å²) < 4.78 is 11.1. The van der Waals surface area contributed by atoms with Gasteiger partial charge in [-0.15, -0.1) is 0 Å². The summed E-state index contributed by atoms with van der Waals surface area (Å²) in [6.07, 6.45) is 6.96. The molecule has 8 heteroatoms. The molecule has 2 aliphatic rings. The number of likely N-dealkylation sites (N-methyl/N-ethyl adjacent to an activating group) is 1. The molecule has 8 nitrogen and oxygen atoms in total. The number of likely N-dealkylation sites (tertiary alicyclic amines) is 1. The number of carbonyl (C=O) groups excluding carboxylic acids is 1. The van der Waals surface area contributed by atoms with Crippen LogP contribution in [0, 0.1) is 11.3 Å². The van der Waals surface area contributed by atoms with Crippen LogP contribution in [0.3, 0.4) is 0 Å². The fourth-order valence-corrected chi connectivity index (χ4v) is 4.79. The van der Waals surface area contributed by atoms with Gasteiger partial charge in [0.25, 0.3) is 5.89 Å². The van der Waals surface area contributed by atoms with Crippen LogP contribution in [0.15, 0.2) is 40.9 Å². The lowest BCUT2D eigenvalue weighted by molar-refractivity contribution is -0.131. The summed E-state index contributed by atoms with van der Waals surface area (Å²) in [6, 6.07) is 13.8. The highest BCUT2D eigenvalue weighted by Gasteiger charge is 2.20. The summed E-state index contributed by atoms with van der Waals surface area (Å²) >= 11 is 0. The molecule has 1 fully saturated rings. The van der Waals surface area contributed by atoms with Crippen molar-refractivity contribution >= 4 is 5.91 Å². The molecule has 1 amide bonds. The first-order valence-electron chi connectivity index (χ1n) is 13.1.